The first-order chi connectivity index (χ1) is 13.0. The molecule has 8 nitrogen and oxygen atoms in total. The number of aryl methyl sites for hydroxylation is 1. The molecule has 0 radical (unpaired) electrons. The van der Waals surface area contributed by atoms with E-state index in [1.54, 1.807) is 10.6 Å². The third-order valence-corrected chi connectivity index (χ3v) is 4.04. The molecule has 0 aliphatic rings. The van der Waals surface area contributed by atoms with Gasteiger partial charge in [-0.1, -0.05) is 6.07 Å². The minimum absolute atomic E-state index is 0.0383. The first-order valence-corrected chi connectivity index (χ1v) is 8.32. The lowest BCUT2D eigenvalue weighted by atomic mass is 10.2. The van der Waals surface area contributed by atoms with Gasteiger partial charge in [0.05, 0.1) is 16.0 Å². The Kier molecular flexibility index (Phi) is 5.41. The molecular formula is C18H17FN4O4. The monoisotopic (exact) mass is 372 g/mol. The fourth-order valence-corrected chi connectivity index (χ4v) is 2.74. The van der Waals surface area contributed by atoms with E-state index in [0.29, 0.717) is 30.4 Å². The summed E-state index contributed by atoms with van der Waals surface area (Å²) in [6.45, 7) is 0.504. The molecule has 0 saturated carbocycles. The molecule has 140 valence electrons. The zero-order chi connectivity index (χ0) is 19.4. The average molecular weight is 372 g/mol. The summed E-state index contributed by atoms with van der Waals surface area (Å²) in [7, 11) is 0. The number of nitrogens with one attached hydrogen (secondary N) is 1. The van der Waals surface area contributed by atoms with Crippen molar-refractivity contribution in [1.29, 1.82) is 0 Å². The molecule has 0 aliphatic carbocycles. The first kappa shape index (κ1) is 18.5. The van der Waals surface area contributed by atoms with Gasteiger partial charge in [0.25, 0.3) is 11.6 Å². The number of imidazole rings is 1. The van der Waals surface area contributed by atoms with Gasteiger partial charge < -0.3 is 9.67 Å². The van der Waals surface area contributed by atoms with E-state index < -0.39 is 16.6 Å². The Hall–Kier alpha value is -3.33. The number of carbonyl (C=O) groups is 1. The maximum atomic E-state index is 13.5. The van der Waals surface area contributed by atoms with Crippen molar-refractivity contribution in [2.24, 2.45) is 0 Å². The largest absolute Gasteiger partial charge is 0.396 e. The lowest BCUT2D eigenvalue weighted by Gasteiger charge is -2.10. The Bertz CT molecular complexity index is 1000. The SMILES string of the molecule is O=C(Nc1nc2cc(F)ccc2n1CCCCO)c1cccc([N+](=O)[O-])c1. The number of hydrogen-bond acceptors (Lipinski definition) is 5. The van der Waals surface area contributed by atoms with Crippen LogP contribution in [0.5, 0.6) is 0 Å². The van der Waals surface area contributed by atoms with Gasteiger partial charge in [-0.25, -0.2) is 9.37 Å². The summed E-state index contributed by atoms with van der Waals surface area (Å²) in [4.78, 5) is 27.1. The lowest BCUT2D eigenvalue weighted by Crippen LogP contribution is -2.16. The van der Waals surface area contributed by atoms with E-state index >= 15 is 0 Å². The van der Waals surface area contributed by atoms with Crippen molar-refractivity contribution in [3.63, 3.8) is 0 Å². The number of nitrogens with zero attached hydrogens (tertiary/aromatic N) is 3. The van der Waals surface area contributed by atoms with E-state index in [-0.39, 0.29) is 23.8 Å². The van der Waals surface area contributed by atoms with Crippen LogP contribution in [0.4, 0.5) is 16.0 Å². The third-order valence-electron chi connectivity index (χ3n) is 4.04. The number of halogens is 1. The van der Waals surface area contributed by atoms with Gasteiger partial charge in [0.1, 0.15) is 5.82 Å². The van der Waals surface area contributed by atoms with Crippen molar-refractivity contribution in [2.45, 2.75) is 19.4 Å². The molecule has 1 aromatic heterocycles. The van der Waals surface area contributed by atoms with Crippen molar-refractivity contribution in [1.82, 2.24) is 9.55 Å². The molecule has 0 spiro atoms. The van der Waals surface area contributed by atoms with E-state index in [1.165, 1.54) is 36.4 Å². The smallest absolute Gasteiger partial charge is 0.270 e. The minimum atomic E-state index is -0.580. The molecule has 9 heteroatoms. The van der Waals surface area contributed by atoms with E-state index in [1.807, 2.05) is 0 Å². The van der Waals surface area contributed by atoms with Crippen molar-refractivity contribution in [3.05, 3.63) is 64.0 Å². The van der Waals surface area contributed by atoms with Crippen LogP contribution >= 0.6 is 0 Å². The number of rotatable bonds is 7. The maximum Gasteiger partial charge on any atom is 0.270 e. The van der Waals surface area contributed by atoms with Crippen LogP contribution in [0.25, 0.3) is 11.0 Å². The fraction of sp³-hybridized carbons (Fsp3) is 0.222. The average Bonchev–Trinajstić information content (AvgIpc) is 2.98. The van der Waals surface area contributed by atoms with Gasteiger partial charge in [-0.05, 0) is 31.0 Å². The van der Waals surface area contributed by atoms with Crippen LogP contribution in [0.15, 0.2) is 42.5 Å². The van der Waals surface area contributed by atoms with Gasteiger partial charge in [0.15, 0.2) is 0 Å². The van der Waals surface area contributed by atoms with Gasteiger partial charge in [-0.15, -0.1) is 0 Å². The zero-order valence-corrected chi connectivity index (χ0v) is 14.3. The number of fused-ring (bicyclic) bond motifs is 1. The summed E-state index contributed by atoms with van der Waals surface area (Å²) in [6.07, 6.45) is 1.21. The van der Waals surface area contributed by atoms with E-state index in [9.17, 15) is 19.3 Å². The first-order valence-electron chi connectivity index (χ1n) is 8.32. The van der Waals surface area contributed by atoms with Crippen LogP contribution in [0.3, 0.4) is 0 Å². The summed E-state index contributed by atoms with van der Waals surface area (Å²) in [5.41, 5.74) is 0.947. The van der Waals surface area contributed by atoms with E-state index in [0.717, 1.165) is 0 Å². The number of anilines is 1. The quantitative estimate of drug-likeness (QED) is 0.376. The van der Waals surface area contributed by atoms with Crippen molar-refractivity contribution in [3.8, 4) is 0 Å². The number of aromatic nitrogens is 2. The summed E-state index contributed by atoms with van der Waals surface area (Å²) in [6, 6.07) is 9.49. The highest BCUT2D eigenvalue weighted by atomic mass is 19.1. The highest BCUT2D eigenvalue weighted by Gasteiger charge is 2.16. The number of aliphatic hydroxyl groups excluding tert-OH is 1. The van der Waals surface area contributed by atoms with Crippen molar-refractivity contribution >= 4 is 28.6 Å². The number of nitro benzene ring substituents is 1. The molecule has 3 rings (SSSR count). The van der Waals surface area contributed by atoms with Crippen LogP contribution in [-0.2, 0) is 6.54 Å². The standard InChI is InChI=1S/C18H17FN4O4/c19-13-6-7-16-15(11-13)20-18(22(16)8-1-2-9-24)21-17(25)12-4-3-5-14(10-12)23(26)27/h3-7,10-11,24H,1-2,8-9H2,(H,20,21,25). The van der Waals surface area contributed by atoms with E-state index in [4.69, 9.17) is 5.11 Å². The van der Waals surface area contributed by atoms with Gasteiger partial charge in [-0.3, -0.25) is 20.2 Å². The molecule has 0 fully saturated rings. The predicted molar refractivity (Wildman–Crippen MR) is 97.1 cm³/mol. The van der Waals surface area contributed by atoms with Crippen LogP contribution in [-0.4, -0.2) is 32.1 Å². The van der Waals surface area contributed by atoms with Crippen LogP contribution < -0.4 is 5.32 Å². The predicted octanol–water partition coefficient (Wildman–Crippen LogP) is 3.11. The number of non-ortho nitro benzene ring substituents is 1. The minimum Gasteiger partial charge on any atom is -0.396 e. The molecule has 0 aliphatic heterocycles. The third kappa shape index (κ3) is 4.09. The fourth-order valence-electron chi connectivity index (χ4n) is 2.74. The Balaban J connectivity index is 1.93. The number of carbonyl (C=O) groups excluding carboxylic acids is 1. The van der Waals surface area contributed by atoms with Gasteiger partial charge in [0, 0.05) is 36.9 Å². The second kappa shape index (κ2) is 7.92. The summed E-state index contributed by atoms with van der Waals surface area (Å²) in [5.74, 6) is -0.790. The second-order valence-corrected chi connectivity index (χ2v) is 5.91. The summed E-state index contributed by atoms with van der Waals surface area (Å²) < 4.78 is 15.2. The van der Waals surface area contributed by atoms with Crippen LogP contribution in [0.2, 0.25) is 0 Å². The number of aliphatic hydroxyl groups is 1. The summed E-state index contributed by atoms with van der Waals surface area (Å²) in [5, 5.41) is 22.5. The number of unbranched alkanes of at least 4 members (excludes halogenated alkanes) is 1. The molecule has 0 saturated heterocycles. The number of hydrogen-bond donors (Lipinski definition) is 2. The van der Waals surface area contributed by atoms with Crippen LogP contribution in [0.1, 0.15) is 23.2 Å². The molecule has 3 aromatic rings. The molecule has 27 heavy (non-hydrogen) atoms. The maximum absolute atomic E-state index is 13.5. The molecule has 1 heterocycles. The Labute approximate surface area is 153 Å². The van der Waals surface area contributed by atoms with Crippen molar-refractivity contribution in [2.75, 3.05) is 11.9 Å². The Morgan fingerprint density at radius 3 is 2.81 bits per heavy atom. The number of benzene rings is 2. The number of nitro groups is 1. The second-order valence-electron chi connectivity index (χ2n) is 5.91. The Morgan fingerprint density at radius 1 is 1.26 bits per heavy atom. The highest BCUT2D eigenvalue weighted by molar-refractivity contribution is 6.04. The molecule has 0 bridgehead atoms. The normalized spacial score (nSPS) is 10.9. The summed E-state index contributed by atoms with van der Waals surface area (Å²) >= 11 is 0. The topological polar surface area (TPSA) is 110 Å². The number of amides is 1. The molecule has 0 atom stereocenters. The van der Waals surface area contributed by atoms with Crippen molar-refractivity contribution < 1.29 is 19.2 Å². The van der Waals surface area contributed by atoms with Gasteiger partial charge in [-0.2, -0.15) is 0 Å². The van der Waals surface area contributed by atoms with Gasteiger partial charge in [0.2, 0.25) is 5.95 Å². The molecule has 1 amide bonds. The molecular weight excluding hydrogens is 355 g/mol. The van der Waals surface area contributed by atoms with Gasteiger partial charge >= 0.3 is 0 Å². The molecule has 2 aromatic carbocycles. The highest BCUT2D eigenvalue weighted by Crippen LogP contribution is 2.22. The van der Waals surface area contributed by atoms with E-state index in [2.05, 4.69) is 10.3 Å². The zero-order valence-electron chi connectivity index (χ0n) is 14.3. The Morgan fingerprint density at radius 2 is 2.07 bits per heavy atom. The van der Waals surface area contributed by atoms with Crippen LogP contribution in [0, 0.1) is 15.9 Å². The lowest BCUT2D eigenvalue weighted by molar-refractivity contribution is -0.384. The molecule has 0 unspecified atom stereocenters. The molecule has 2 N–H and O–H groups in total.